The Kier molecular flexibility index (Phi) is 3.67. The van der Waals surface area contributed by atoms with Crippen LogP contribution in [-0.4, -0.2) is 19.8 Å². The predicted octanol–water partition coefficient (Wildman–Crippen LogP) is 3.08. The fraction of sp³-hybridized carbons (Fsp3) is 0.625. The van der Waals surface area contributed by atoms with E-state index < -0.39 is 0 Å². The van der Waals surface area contributed by atoms with E-state index in [0.29, 0.717) is 12.1 Å². The Morgan fingerprint density at radius 3 is 2.94 bits per heavy atom. The molecule has 1 fully saturated rings. The van der Waals surface area contributed by atoms with Gasteiger partial charge in [-0.2, -0.15) is 0 Å². The summed E-state index contributed by atoms with van der Waals surface area (Å²) in [6.07, 6.45) is 6.76. The molecule has 0 radical (unpaired) electrons. The summed E-state index contributed by atoms with van der Waals surface area (Å²) in [7, 11) is 2.09. The second kappa shape index (κ2) is 5.41. The van der Waals surface area contributed by atoms with E-state index >= 15 is 0 Å². The van der Waals surface area contributed by atoms with Crippen molar-refractivity contribution in [2.45, 2.75) is 44.2 Å². The van der Waals surface area contributed by atoms with Gasteiger partial charge < -0.3 is 10.1 Å². The van der Waals surface area contributed by atoms with Gasteiger partial charge in [0.2, 0.25) is 0 Å². The molecule has 98 valence electrons. The fourth-order valence-corrected chi connectivity index (χ4v) is 3.64. The molecular weight excluding hydrogens is 222 g/mol. The van der Waals surface area contributed by atoms with Gasteiger partial charge in [0, 0.05) is 12.6 Å². The van der Waals surface area contributed by atoms with Crippen LogP contribution in [0.2, 0.25) is 0 Å². The third-order valence-electron chi connectivity index (χ3n) is 4.55. The number of hydrogen-bond donors (Lipinski definition) is 1. The lowest BCUT2D eigenvalue weighted by Gasteiger charge is -2.34. The second-order valence-electron chi connectivity index (χ2n) is 5.63. The van der Waals surface area contributed by atoms with E-state index in [9.17, 15) is 0 Å². The highest BCUT2D eigenvalue weighted by molar-refractivity contribution is 5.33. The van der Waals surface area contributed by atoms with Crippen molar-refractivity contribution in [3.63, 3.8) is 0 Å². The number of ether oxygens (including phenoxy) is 1. The van der Waals surface area contributed by atoms with Gasteiger partial charge >= 0.3 is 0 Å². The fourth-order valence-electron chi connectivity index (χ4n) is 3.64. The smallest absolute Gasteiger partial charge is 0.0579 e. The van der Waals surface area contributed by atoms with Crippen molar-refractivity contribution >= 4 is 0 Å². The van der Waals surface area contributed by atoms with Crippen molar-refractivity contribution < 1.29 is 4.74 Å². The lowest BCUT2D eigenvalue weighted by molar-refractivity contribution is 0.0800. The molecule has 1 aromatic rings. The number of fused-ring (bicyclic) bond motifs is 1. The highest BCUT2D eigenvalue weighted by atomic mass is 16.5. The Balaban J connectivity index is 1.76. The van der Waals surface area contributed by atoms with Crippen LogP contribution in [0.4, 0.5) is 0 Å². The minimum absolute atomic E-state index is 0.510. The van der Waals surface area contributed by atoms with Gasteiger partial charge in [0.25, 0.3) is 0 Å². The molecule has 1 heterocycles. The van der Waals surface area contributed by atoms with E-state index in [2.05, 4.69) is 36.6 Å². The summed E-state index contributed by atoms with van der Waals surface area (Å²) in [5, 5.41) is 3.53. The van der Waals surface area contributed by atoms with Crippen LogP contribution < -0.4 is 5.32 Å². The first-order valence-corrected chi connectivity index (χ1v) is 7.25. The van der Waals surface area contributed by atoms with E-state index in [0.717, 1.165) is 12.5 Å². The number of benzene rings is 1. The third-order valence-corrected chi connectivity index (χ3v) is 4.55. The van der Waals surface area contributed by atoms with Crippen molar-refractivity contribution in [2.75, 3.05) is 13.7 Å². The molecule has 18 heavy (non-hydrogen) atoms. The van der Waals surface area contributed by atoms with Crippen molar-refractivity contribution in [2.24, 2.45) is 5.92 Å². The van der Waals surface area contributed by atoms with Crippen molar-refractivity contribution in [1.29, 1.82) is 0 Å². The van der Waals surface area contributed by atoms with E-state index in [1.807, 2.05) is 0 Å². The van der Waals surface area contributed by atoms with Gasteiger partial charge in [-0.25, -0.2) is 0 Å². The summed E-state index contributed by atoms with van der Waals surface area (Å²) in [5.41, 5.74) is 3.04. The maximum Gasteiger partial charge on any atom is 0.0579 e. The Labute approximate surface area is 110 Å². The number of rotatable bonds is 3. The van der Waals surface area contributed by atoms with E-state index in [1.54, 1.807) is 0 Å². The summed E-state index contributed by atoms with van der Waals surface area (Å²) in [6, 6.07) is 9.41. The van der Waals surface area contributed by atoms with Crippen LogP contribution in [0.25, 0.3) is 0 Å². The van der Waals surface area contributed by atoms with Crippen molar-refractivity contribution in [3.8, 4) is 0 Å². The largest absolute Gasteiger partial charge is 0.378 e. The van der Waals surface area contributed by atoms with Crippen LogP contribution >= 0.6 is 0 Å². The molecule has 3 unspecified atom stereocenters. The Morgan fingerprint density at radius 2 is 2.17 bits per heavy atom. The Bertz CT molecular complexity index is 398. The average molecular weight is 245 g/mol. The first-order chi connectivity index (χ1) is 8.88. The SMILES string of the molecule is CNC1c2ccccc2CCC1CC1CCCO1. The summed E-state index contributed by atoms with van der Waals surface area (Å²) >= 11 is 0. The predicted molar refractivity (Wildman–Crippen MR) is 73.6 cm³/mol. The minimum Gasteiger partial charge on any atom is -0.378 e. The number of aryl methyl sites for hydroxylation is 1. The molecule has 2 nitrogen and oxygen atoms in total. The van der Waals surface area contributed by atoms with Crippen molar-refractivity contribution in [3.05, 3.63) is 35.4 Å². The van der Waals surface area contributed by atoms with Gasteiger partial charge in [0.1, 0.15) is 0 Å². The molecular formula is C16H23NO. The first kappa shape index (κ1) is 12.2. The van der Waals surface area contributed by atoms with Gasteiger partial charge in [-0.3, -0.25) is 0 Å². The molecule has 2 heteroatoms. The monoisotopic (exact) mass is 245 g/mol. The molecule has 1 aliphatic heterocycles. The summed E-state index contributed by atoms with van der Waals surface area (Å²) in [5.74, 6) is 0.730. The molecule has 0 bridgehead atoms. The minimum atomic E-state index is 0.510. The topological polar surface area (TPSA) is 21.3 Å². The van der Waals surface area contributed by atoms with E-state index in [1.165, 1.54) is 43.2 Å². The highest BCUT2D eigenvalue weighted by Crippen LogP contribution is 2.38. The number of hydrogen-bond acceptors (Lipinski definition) is 2. The maximum absolute atomic E-state index is 5.81. The van der Waals surface area contributed by atoms with Crippen LogP contribution in [0.15, 0.2) is 24.3 Å². The lowest BCUT2D eigenvalue weighted by Crippen LogP contribution is -2.32. The first-order valence-electron chi connectivity index (χ1n) is 7.25. The third kappa shape index (κ3) is 2.32. The quantitative estimate of drug-likeness (QED) is 0.883. The molecule has 3 rings (SSSR count). The molecule has 0 spiro atoms. The van der Waals surface area contributed by atoms with Crippen LogP contribution in [0.3, 0.4) is 0 Å². The zero-order chi connectivity index (χ0) is 12.4. The second-order valence-corrected chi connectivity index (χ2v) is 5.63. The molecule has 0 amide bonds. The van der Waals surface area contributed by atoms with E-state index in [-0.39, 0.29) is 0 Å². The molecule has 0 aromatic heterocycles. The molecule has 1 saturated heterocycles. The normalized spacial score (nSPS) is 31.3. The van der Waals surface area contributed by atoms with Gasteiger partial charge in [-0.05, 0) is 56.2 Å². The molecule has 1 aliphatic carbocycles. The summed E-state index contributed by atoms with van der Waals surface area (Å²) < 4.78 is 5.81. The van der Waals surface area contributed by atoms with Crippen molar-refractivity contribution in [1.82, 2.24) is 5.32 Å². The van der Waals surface area contributed by atoms with Gasteiger partial charge in [0.05, 0.1) is 6.10 Å². The zero-order valence-electron chi connectivity index (χ0n) is 11.2. The summed E-state index contributed by atoms with van der Waals surface area (Å²) in [4.78, 5) is 0. The van der Waals surface area contributed by atoms with Crippen LogP contribution in [0.1, 0.15) is 42.9 Å². The molecule has 1 aromatic carbocycles. The average Bonchev–Trinajstić information content (AvgIpc) is 2.91. The van der Waals surface area contributed by atoms with Crippen LogP contribution in [0.5, 0.6) is 0 Å². The maximum atomic E-state index is 5.81. The number of nitrogens with one attached hydrogen (secondary N) is 1. The zero-order valence-corrected chi connectivity index (χ0v) is 11.2. The molecule has 3 atom stereocenters. The molecule has 0 saturated carbocycles. The highest BCUT2D eigenvalue weighted by Gasteiger charge is 2.31. The standard InChI is InChI=1S/C16H23NO/c1-17-16-13(11-14-6-4-10-18-14)9-8-12-5-2-3-7-15(12)16/h2-3,5,7,13-14,16-17H,4,6,8-11H2,1H3. The molecule has 2 aliphatic rings. The van der Waals surface area contributed by atoms with Gasteiger partial charge in [-0.15, -0.1) is 0 Å². The summed E-state index contributed by atoms with van der Waals surface area (Å²) in [6.45, 7) is 0.970. The molecule has 1 N–H and O–H groups in total. The Hall–Kier alpha value is -0.860. The van der Waals surface area contributed by atoms with Gasteiger partial charge in [0.15, 0.2) is 0 Å². The van der Waals surface area contributed by atoms with Crippen LogP contribution in [-0.2, 0) is 11.2 Å². The Morgan fingerprint density at radius 1 is 1.28 bits per heavy atom. The lowest BCUT2D eigenvalue weighted by atomic mass is 9.77. The van der Waals surface area contributed by atoms with Gasteiger partial charge in [-0.1, -0.05) is 24.3 Å². The van der Waals surface area contributed by atoms with E-state index in [4.69, 9.17) is 4.74 Å². The van der Waals surface area contributed by atoms with Crippen LogP contribution in [0, 0.1) is 5.92 Å².